The minimum absolute atomic E-state index is 0.0337. The number of carboxylic acids is 1. The van der Waals surface area contributed by atoms with Crippen molar-refractivity contribution in [3.63, 3.8) is 0 Å². The Morgan fingerprint density at radius 2 is 1.76 bits per heavy atom. The molecule has 192 valence electrons. The summed E-state index contributed by atoms with van der Waals surface area (Å²) in [4.78, 5) is 27.8. The predicted molar refractivity (Wildman–Crippen MR) is 131 cm³/mol. The average molecular weight is 497 g/mol. The third-order valence-corrected chi connectivity index (χ3v) is 8.22. The zero-order valence-corrected chi connectivity index (χ0v) is 21.8. The van der Waals surface area contributed by atoms with Crippen molar-refractivity contribution < 1.29 is 27.9 Å². The molecule has 0 radical (unpaired) electrons. The summed E-state index contributed by atoms with van der Waals surface area (Å²) < 4.78 is 33.2. The smallest absolute Gasteiger partial charge is 0.320 e. The molecular formula is C25H40N2O6S. The second kappa shape index (κ2) is 12.5. The first-order valence-electron chi connectivity index (χ1n) is 12.3. The van der Waals surface area contributed by atoms with Crippen molar-refractivity contribution >= 4 is 21.9 Å². The van der Waals surface area contributed by atoms with Crippen molar-refractivity contribution in [3.8, 4) is 5.75 Å². The lowest BCUT2D eigenvalue weighted by Gasteiger charge is -2.38. The van der Waals surface area contributed by atoms with Crippen LogP contribution < -0.4 is 4.74 Å². The first-order chi connectivity index (χ1) is 16.0. The van der Waals surface area contributed by atoms with Crippen LogP contribution in [0.4, 0.5) is 0 Å². The Balaban J connectivity index is 2.30. The summed E-state index contributed by atoms with van der Waals surface area (Å²) in [5, 5.41) is 10.3. The first-order valence-corrected chi connectivity index (χ1v) is 13.7. The standard InChI is InChI=1S/C25H40N2O6S/c1-5-6-18-33-21-10-12-22(13-11-21)34(31,32)26(4)19-25(24(29)30,15-14-20(2)3)23(28)27-16-8-7-9-17-27/h10-13,20H,5-9,14-19H2,1-4H3,(H,29,30)/t25-/m0/s1. The number of rotatable bonds is 13. The van der Waals surface area contributed by atoms with E-state index in [1.54, 1.807) is 17.0 Å². The highest BCUT2D eigenvalue weighted by atomic mass is 32.2. The number of hydrogen-bond donors (Lipinski definition) is 1. The van der Waals surface area contributed by atoms with Gasteiger partial charge < -0.3 is 14.7 Å². The first kappa shape index (κ1) is 28.1. The third-order valence-electron chi connectivity index (χ3n) is 6.40. The molecule has 1 aromatic rings. The maximum atomic E-state index is 13.6. The van der Waals surface area contributed by atoms with Gasteiger partial charge in [-0.3, -0.25) is 9.59 Å². The number of carbonyl (C=O) groups excluding carboxylic acids is 1. The number of piperidine rings is 1. The molecule has 0 aliphatic carbocycles. The number of unbranched alkanes of at least 4 members (excludes halogenated alkanes) is 1. The molecule has 8 nitrogen and oxygen atoms in total. The van der Waals surface area contributed by atoms with Gasteiger partial charge in [0.1, 0.15) is 5.75 Å². The quantitative estimate of drug-likeness (QED) is 0.327. The number of carbonyl (C=O) groups is 2. The van der Waals surface area contributed by atoms with Crippen LogP contribution in [-0.4, -0.2) is 67.9 Å². The van der Waals surface area contributed by atoms with Crippen LogP contribution in [0.3, 0.4) is 0 Å². The topological polar surface area (TPSA) is 104 Å². The van der Waals surface area contributed by atoms with E-state index in [9.17, 15) is 23.1 Å². The Kier molecular flexibility index (Phi) is 10.4. The molecule has 34 heavy (non-hydrogen) atoms. The van der Waals surface area contributed by atoms with Crippen molar-refractivity contribution in [3.05, 3.63) is 24.3 Å². The van der Waals surface area contributed by atoms with Crippen LogP contribution in [0.25, 0.3) is 0 Å². The molecule has 0 aromatic heterocycles. The van der Waals surface area contributed by atoms with Gasteiger partial charge in [0.15, 0.2) is 5.41 Å². The van der Waals surface area contributed by atoms with E-state index < -0.39 is 33.9 Å². The van der Waals surface area contributed by atoms with Gasteiger partial charge in [0.2, 0.25) is 15.9 Å². The minimum atomic E-state index is -4.01. The van der Waals surface area contributed by atoms with Gasteiger partial charge in [-0.2, -0.15) is 4.31 Å². The van der Waals surface area contributed by atoms with Crippen molar-refractivity contribution in [1.82, 2.24) is 9.21 Å². The molecule has 1 amide bonds. The van der Waals surface area contributed by atoms with Crippen LogP contribution in [-0.2, 0) is 19.6 Å². The molecule has 1 N–H and O–H groups in total. The van der Waals surface area contributed by atoms with Gasteiger partial charge in [-0.15, -0.1) is 0 Å². The van der Waals surface area contributed by atoms with Crippen LogP contribution >= 0.6 is 0 Å². The van der Waals surface area contributed by atoms with Gasteiger partial charge in [0, 0.05) is 26.7 Å². The number of hydrogen-bond acceptors (Lipinski definition) is 5. The second-order valence-electron chi connectivity index (χ2n) is 9.61. The van der Waals surface area contributed by atoms with Gasteiger partial charge >= 0.3 is 5.97 Å². The fourth-order valence-corrected chi connectivity index (χ4v) is 5.37. The van der Waals surface area contributed by atoms with E-state index in [0.29, 0.717) is 31.9 Å². The Labute approximate surface area is 204 Å². The van der Waals surface area contributed by atoms with E-state index in [1.807, 2.05) is 13.8 Å². The molecule has 9 heteroatoms. The lowest BCUT2D eigenvalue weighted by molar-refractivity contribution is -0.162. The van der Waals surface area contributed by atoms with Crippen molar-refractivity contribution in [1.29, 1.82) is 0 Å². The summed E-state index contributed by atoms with van der Waals surface area (Å²) in [7, 11) is -2.66. The van der Waals surface area contributed by atoms with E-state index in [2.05, 4.69) is 6.92 Å². The lowest BCUT2D eigenvalue weighted by atomic mass is 9.79. The molecule has 0 spiro atoms. The lowest BCUT2D eigenvalue weighted by Crippen LogP contribution is -2.55. The summed E-state index contributed by atoms with van der Waals surface area (Å²) in [6.45, 7) is 7.13. The highest BCUT2D eigenvalue weighted by Crippen LogP contribution is 2.33. The third kappa shape index (κ3) is 6.95. The molecule has 0 saturated carbocycles. The van der Waals surface area contributed by atoms with Crippen LogP contribution in [0.15, 0.2) is 29.2 Å². The normalized spacial score (nSPS) is 16.5. The molecule has 1 fully saturated rings. The fraction of sp³-hybridized carbons (Fsp3) is 0.680. The largest absolute Gasteiger partial charge is 0.494 e. The number of carboxylic acid groups (broad SMARTS) is 1. The van der Waals surface area contributed by atoms with Crippen LogP contribution in [0.2, 0.25) is 0 Å². The molecule has 1 heterocycles. The van der Waals surface area contributed by atoms with Gasteiger partial charge in [0.25, 0.3) is 0 Å². The monoisotopic (exact) mass is 496 g/mol. The molecule has 0 unspecified atom stereocenters. The molecular weight excluding hydrogens is 456 g/mol. The molecule has 1 aromatic carbocycles. The van der Waals surface area contributed by atoms with E-state index >= 15 is 0 Å². The molecule has 1 saturated heterocycles. The van der Waals surface area contributed by atoms with Gasteiger partial charge in [-0.05, 0) is 68.7 Å². The van der Waals surface area contributed by atoms with E-state index in [4.69, 9.17) is 4.74 Å². The van der Waals surface area contributed by atoms with Crippen LogP contribution in [0.5, 0.6) is 5.75 Å². The maximum absolute atomic E-state index is 13.6. The summed E-state index contributed by atoms with van der Waals surface area (Å²) in [6, 6.07) is 6.10. The van der Waals surface area contributed by atoms with Crippen LogP contribution in [0.1, 0.15) is 65.7 Å². The SMILES string of the molecule is CCCCOc1ccc(S(=O)(=O)N(C)C[C@](CCC(C)C)(C(=O)O)C(=O)N2CCCCC2)cc1. The number of ether oxygens (including phenoxy) is 1. The number of benzene rings is 1. The highest BCUT2D eigenvalue weighted by molar-refractivity contribution is 7.89. The number of amides is 1. The second-order valence-corrected chi connectivity index (χ2v) is 11.7. The molecule has 2 rings (SSSR count). The van der Waals surface area contributed by atoms with Gasteiger partial charge in [0.05, 0.1) is 11.5 Å². The van der Waals surface area contributed by atoms with E-state index in [-0.39, 0.29) is 17.2 Å². The summed E-state index contributed by atoms with van der Waals surface area (Å²) in [5.41, 5.74) is -1.83. The van der Waals surface area contributed by atoms with Crippen molar-refractivity contribution in [2.75, 3.05) is 33.3 Å². The van der Waals surface area contributed by atoms with Crippen LogP contribution in [0, 0.1) is 11.3 Å². The summed E-state index contributed by atoms with van der Waals surface area (Å²) in [6.07, 6.45) is 5.14. The fourth-order valence-electron chi connectivity index (χ4n) is 4.14. The van der Waals surface area contributed by atoms with E-state index in [1.165, 1.54) is 19.2 Å². The number of likely N-dealkylation sites (tertiary alicyclic amines) is 1. The predicted octanol–water partition coefficient (Wildman–Crippen LogP) is 4.01. The Hall–Kier alpha value is -2.13. The van der Waals surface area contributed by atoms with Gasteiger partial charge in [-0.25, -0.2) is 8.42 Å². The Morgan fingerprint density at radius 3 is 2.29 bits per heavy atom. The number of aliphatic carboxylic acids is 1. The average Bonchev–Trinajstić information content (AvgIpc) is 2.82. The van der Waals surface area contributed by atoms with Crippen molar-refractivity contribution in [2.45, 2.75) is 70.6 Å². The zero-order chi connectivity index (χ0) is 25.4. The molecule has 1 aliphatic heterocycles. The van der Waals surface area contributed by atoms with Crippen molar-refractivity contribution in [2.24, 2.45) is 11.3 Å². The van der Waals surface area contributed by atoms with Gasteiger partial charge in [-0.1, -0.05) is 27.2 Å². The number of sulfonamides is 1. The molecule has 0 bridgehead atoms. The highest BCUT2D eigenvalue weighted by Gasteiger charge is 2.50. The summed E-state index contributed by atoms with van der Waals surface area (Å²) >= 11 is 0. The minimum Gasteiger partial charge on any atom is -0.494 e. The Bertz CT molecular complexity index is 910. The number of nitrogens with zero attached hydrogens (tertiary/aromatic N) is 2. The summed E-state index contributed by atoms with van der Waals surface area (Å²) in [5.74, 6) is -1.00. The maximum Gasteiger partial charge on any atom is 0.320 e. The van der Waals surface area contributed by atoms with E-state index in [0.717, 1.165) is 36.4 Å². The Morgan fingerprint density at radius 1 is 1.15 bits per heavy atom. The molecule has 1 atom stereocenters. The zero-order valence-electron chi connectivity index (χ0n) is 21.0. The molecule has 1 aliphatic rings.